The molecule has 0 amide bonds. The second kappa shape index (κ2) is 32.9. The second-order valence-corrected chi connectivity index (χ2v) is 24.1. The molecule has 0 aromatic carbocycles. The van der Waals surface area contributed by atoms with Crippen LogP contribution in [-0.2, 0) is 66.3 Å². The van der Waals surface area contributed by atoms with Crippen LogP contribution in [0, 0.1) is 35.5 Å². The Morgan fingerprint density at radius 1 is 0.548 bits per heavy atom. The highest BCUT2D eigenvalue weighted by atomic mass is 16.7. The van der Waals surface area contributed by atoms with Gasteiger partial charge in [0.2, 0.25) is 0 Å². The maximum atomic E-state index is 7.60. The van der Waals surface area contributed by atoms with Crippen LogP contribution in [0.5, 0.6) is 0 Å². The van der Waals surface area contributed by atoms with E-state index < -0.39 is 54.3 Å². The first-order chi connectivity index (χ1) is 34.8. The molecule has 2 unspecified atom stereocenters. The van der Waals surface area contributed by atoms with Crippen LogP contribution in [0.3, 0.4) is 0 Å². The first-order valence-corrected chi connectivity index (χ1v) is 29.2. The van der Waals surface area contributed by atoms with Gasteiger partial charge in [-0.25, -0.2) is 0 Å². The lowest BCUT2D eigenvalue weighted by atomic mass is 9.86. The third-order valence-electron chi connectivity index (χ3n) is 14.1. The number of fused-ring (bicyclic) bond motifs is 1. The van der Waals surface area contributed by atoms with Crippen molar-refractivity contribution in [1.29, 1.82) is 0 Å². The molecule has 14 nitrogen and oxygen atoms in total. The van der Waals surface area contributed by atoms with Crippen LogP contribution in [0.15, 0.2) is 12.2 Å². The first kappa shape index (κ1) is 64.7. The lowest BCUT2D eigenvalue weighted by Crippen LogP contribution is -2.64. The molecule has 4 fully saturated rings. The van der Waals surface area contributed by atoms with Crippen LogP contribution in [-0.4, -0.2) is 164 Å². The van der Waals surface area contributed by atoms with E-state index in [9.17, 15) is 0 Å². The van der Waals surface area contributed by atoms with E-state index in [0.29, 0.717) is 127 Å². The van der Waals surface area contributed by atoms with Gasteiger partial charge in [-0.05, 0) is 89.4 Å². The molecule has 0 aromatic rings. The van der Waals surface area contributed by atoms with Crippen molar-refractivity contribution in [1.82, 2.24) is 0 Å². The predicted octanol–water partition coefficient (Wildman–Crippen LogP) is 11.2. The lowest BCUT2D eigenvalue weighted by molar-refractivity contribution is -0.352. The zero-order chi connectivity index (χ0) is 53.7. The predicted molar refractivity (Wildman–Crippen MR) is 287 cm³/mol. The topological polar surface area (TPSA) is 129 Å². The SMILES string of the molecule is CC/C=C\C(C)(C[C@H]1O[C@H](OC(C)(CCCC)C[C@H]2OC[C@H](OCC)[C@@H](OCC(C)C)[C@@H]2OCC(C)C)[C@@H]2OC[C@H](C)C[C@H](C)CO[C@H]2[C@@H]1OCC)O[C@H]1O[C@H](COCC)C[C@H](OCC(C)C)[C@H]1OCC(C)C. The fourth-order valence-corrected chi connectivity index (χ4v) is 10.6. The summed E-state index contributed by atoms with van der Waals surface area (Å²) in [5.41, 5.74) is -1.67. The Morgan fingerprint density at radius 3 is 1.74 bits per heavy atom. The van der Waals surface area contributed by atoms with Gasteiger partial charge in [0, 0.05) is 78.7 Å². The van der Waals surface area contributed by atoms with Gasteiger partial charge in [-0.15, -0.1) is 0 Å². The molecule has 4 aliphatic rings. The molecule has 73 heavy (non-hydrogen) atoms. The summed E-state index contributed by atoms with van der Waals surface area (Å²) >= 11 is 0. The zero-order valence-electron chi connectivity index (χ0n) is 49.3. The number of allylic oxidation sites excluding steroid dienone is 1. The van der Waals surface area contributed by atoms with Crippen molar-refractivity contribution in [3.8, 4) is 0 Å². The maximum absolute atomic E-state index is 7.60. The highest BCUT2D eigenvalue weighted by Crippen LogP contribution is 2.42. The van der Waals surface area contributed by atoms with Gasteiger partial charge in [0.1, 0.15) is 42.7 Å². The highest BCUT2D eigenvalue weighted by molar-refractivity contribution is 5.06. The number of rotatable bonds is 32. The molecular weight excluding hydrogens is 933 g/mol. The molecule has 4 heterocycles. The van der Waals surface area contributed by atoms with Gasteiger partial charge < -0.3 is 66.3 Å². The van der Waals surface area contributed by atoms with E-state index in [0.717, 1.165) is 32.1 Å². The van der Waals surface area contributed by atoms with Crippen LogP contribution >= 0.6 is 0 Å². The molecule has 4 aliphatic heterocycles. The van der Waals surface area contributed by atoms with Crippen molar-refractivity contribution in [3.05, 3.63) is 12.2 Å². The molecule has 0 saturated carbocycles. The average molecular weight is 1040 g/mol. The largest absolute Gasteiger partial charge is 0.379 e. The molecule has 0 aromatic heterocycles. The van der Waals surface area contributed by atoms with E-state index >= 15 is 0 Å². The summed E-state index contributed by atoms with van der Waals surface area (Å²) in [6, 6.07) is 0. The Balaban J connectivity index is 1.81. The summed E-state index contributed by atoms with van der Waals surface area (Å²) in [6.07, 6.45) is 4.37. The van der Waals surface area contributed by atoms with Gasteiger partial charge >= 0.3 is 0 Å². The summed E-state index contributed by atoms with van der Waals surface area (Å²) in [4.78, 5) is 0. The molecule has 0 radical (unpaired) electrons. The van der Waals surface area contributed by atoms with E-state index in [1.54, 1.807) is 0 Å². The quantitative estimate of drug-likeness (QED) is 0.0593. The van der Waals surface area contributed by atoms with E-state index in [-0.39, 0.29) is 36.6 Å². The van der Waals surface area contributed by atoms with Gasteiger partial charge in [-0.3, -0.25) is 0 Å². The average Bonchev–Trinajstić information content (AvgIpc) is 3.39. The summed E-state index contributed by atoms with van der Waals surface area (Å²) in [5, 5.41) is 0. The van der Waals surface area contributed by atoms with Crippen LogP contribution in [0.4, 0.5) is 0 Å². The van der Waals surface area contributed by atoms with E-state index in [2.05, 4.69) is 109 Å². The molecule has 17 atom stereocenters. The fraction of sp³-hybridized carbons (Fsp3) is 0.966. The van der Waals surface area contributed by atoms with Crippen molar-refractivity contribution in [2.45, 2.75) is 260 Å². The van der Waals surface area contributed by atoms with Gasteiger partial charge in [0.25, 0.3) is 0 Å². The summed E-state index contributed by atoms with van der Waals surface area (Å²) < 4.78 is 96.3. The molecule has 4 rings (SSSR count). The number of unbranched alkanes of at least 4 members (excludes halogenated alkanes) is 1. The van der Waals surface area contributed by atoms with Crippen molar-refractivity contribution >= 4 is 0 Å². The third-order valence-corrected chi connectivity index (χ3v) is 14.1. The third kappa shape index (κ3) is 21.4. The van der Waals surface area contributed by atoms with Crippen molar-refractivity contribution < 1.29 is 66.3 Å². The second-order valence-electron chi connectivity index (χ2n) is 24.1. The normalized spacial score (nSPS) is 34.5. The molecule has 4 saturated heterocycles. The smallest absolute Gasteiger partial charge is 0.187 e. The Labute approximate surface area is 445 Å². The minimum absolute atomic E-state index is 0.249. The number of ether oxygens (including phenoxy) is 14. The Morgan fingerprint density at radius 2 is 1.15 bits per heavy atom. The molecule has 0 spiro atoms. The summed E-state index contributed by atoms with van der Waals surface area (Å²) in [7, 11) is 0. The maximum Gasteiger partial charge on any atom is 0.187 e. The fourth-order valence-electron chi connectivity index (χ4n) is 10.6. The van der Waals surface area contributed by atoms with E-state index in [1.165, 1.54) is 0 Å². The summed E-state index contributed by atoms with van der Waals surface area (Å²) in [5.74, 6) is 1.92. The summed E-state index contributed by atoms with van der Waals surface area (Å²) in [6.45, 7) is 42.4. The number of hydrogen-bond donors (Lipinski definition) is 0. The van der Waals surface area contributed by atoms with Crippen LogP contribution in [0.1, 0.15) is 169 Å². The zero-order valence-corrected chi connectivity index (χ0v) is 49.3. The molecule has 0 N–H and O–H groups in total. The monoisotopic (exact) mass is 1040 g/mol. The van der Waals surface area contributed by atoms with E-state index in [4.69, 9.17) is 66.3 Å². The van der Waals surface area contributed by atoms with Crippen molar-refractivity contribution in [2.24, 2.45) is 35.5 Å². The Bertz CT molecular complexity index is 1480. The van der Waals surface area contributed by atoms with Crippen LogP contribution in [0.25, 0.3) is 0 Å². The minimum atomic E-state index is -0.931. The molecule has 430 valence electrons. The minimum Gasteiger partial charge on any atom is -0.379 e. The van der Waals surface area contributed by atoms with Gasteiger partial charge in [0.05, 0.1) is 48.8 Å². The standard InChI is InChI=1S/C59H110O14/c1-18-23-25-58(16,29-47-50(65-32-40(8)9)52(66-33-41(10)11)49(38-64-47)61-21-4)73-57-55-54(68-35-43(14)27-44(15)36-69-55)51(62-22-5)48(71-57)30-59(17,26-24-19-2)72-56-53(67-34-42(12)13)46(63-31-39(6)7)28-45(70-56)37-60-20-3/h24,26,39-57H,18-23,25,27-38H2,1-17H3/b26-24-/t43-,44+,45-,46-,47+,48+,49-,50+,51+,52+,53+,54-,55+,56+,57+,58?,59?/m0/s1. The molecular formula is C59H110O14. The lowest BCUT2D eigenvalue weighted by Gasteiger charge is -2.51. The van der Waals surface area contributed by atoms with Crippen molar-refractivity contribution in [3.63, 3.8) is 0 Å². The first-order valence-electron chi connectivity index (χ1n) is 29.2. The van der Waals surface area contributed by atoms with Gasteiger partial charge in [0.15, 0.2) is 12.6 Å². The highest BCUT2D eigenvalue weighted by Gasteiger charge is 2.55. The van der Waals surface area contributed by atoms with Gasteiger partial charge in [-0.2, -0.15) is 0 Å². The molecule has 0 aliphatic carbocycles. The van der Waals surface area contributed by atoms with Crippen molar-refractivity contribution in [2.75, 3.05) is 72.7 Å². The Kier molecular flexibility index (Phi) is 29.2. The Hall–Kier alpha value is -0.820. The van der Waals surface area contributed by atoms with Crippen LogP contribution in [0.2, 0.25) is 0 Å². The molecule has 0 bridgehead atoms. The van der Waals surface area contributed by atoms with E-state index in [1.807, 2.05) is 20.8 Å². The number of hydrogen-bond acceptors (Lipinski definition) is 14. The molecule has 14 heteroatoms. The van der Waals surface area contributed by atoms with Gasteiger partial charge in [-0.1, -0.05) is 108 Å². The van der Waals surface area contributed by atoms with Crippen LogP contribution < -0.4 is 0 Å².